The minimum absolute atomic E-state index is 0. The number of allylic oxidation sites excluding steroid dienone is 2. The van der Waals surface area contributed by atoms with Crippen LogP contribution in [0.5, 0.6) is 0 Å². The fraction of sp³-hybridized carbons (Fsp3) is 0.261. The van der Waals surface area contributed by atoms with Crippen molar-refractivity contribution in [2.24, 2.45) is 0 Å². The zero-order valence-electron chi connectivity index (χ0n) is 20.4. The molecule has 1 aromatic heterocycles. The third-order valence-corrected chi connectivity index (χ3v) is 9.53. The number of hydrogen-bond donors (Lipinski definition) is 0. The number of nitrogens with zero attached hydrogens (tertiary/aromatic N) is 2. The second kappa shape index (κ2) is 12.9. The van der Waals surface area contributed by atoms with Crippen LogP contribution < -0.4 is 39.0 Å². The fourth-order valence-electron chi connectivity index (χ4n) is 3.85. The van der Waals surface area contributed by atoms with Gasteiger partial charge in [0.15, 0.2) is 10.1 Å². The van der Waals surface area contributed by atoms with Crippen molar-refractivity contribution in [3.63, 3.8) is 0 Å². The van der Waals surface area contributed by atoms with Gasteiger partial charge in [-0.05, 0) is 54.8 Å². The van der Waals surface area contributed by atoms with Gasteiger partial charge in [0.2, 0.25) is 11.4 Å². The van der Waals surface area contributed by atoms with Gasteiger partial charge in [0.25, 0.3) is 5.01 Å². The summed E-state index contributed by atoms with van der Waals surface area (Å²) in [5, 5.41) is 2.32. The van der Waals surface area contributed by atoms with Crippen LogP contribution in [-0.2, 0) is 26.1 Å². The molecule has 0 N–H and O–H groups in total. The number of aromatic nitrogens is 1. The van der Waals surface area contributed by atoms with Gasteiger partial charge in [-0.2, -0.15) is 4.57 Å². The van der Waals surface area contributed by atoms with Crippen LogP contribution in [0.2, 0.25) is 10.0 Å². The zero-order valence-corrected chi connectivity index (χ0v) is 27.2. The number of thiazole rings is 1. The van der Waals surface area contributed by atoms with Crippen molar-refractivity contribution in [3.05, 3.63) is 68.1 Å². The SMILES string of the molecule is CCC(=C/c1sc2ccc(Cl)cc2[n+]1CS(=O)(=O)[O-])/C=C1/Sc2ccc(Cl)cc2N1CCCS(=O)(=O)[O-].[Na+]. The molecule has 0 amide bonds. The van der Waals surface area contributed by atoms with E-state index in [2.05, 4.69) is 0 Å². The number of thioether (sulfide) groups is 1. The molecule has 0 bridgehead atoms. The molecule has 3 aromatic rings. The standard InChI is InChI=1S/C23H22Cl2N2O6S4.Na/c1-2-15(11-23-27(14-37(31,32)33)19-13-17(25)5-7-21(19)35-23)10-22-26(8-3-9-36(28,29)30)18-12-16(24)4-6-20(18)34-22;/h4-7,10-13H,2-3,8-9,14H2,1H3,(H-,28,29,30,31,32,33);/q;+1/p-1. The molecular formula is C23H21Cl2N2NaO6S4. The summed E-state index contributed by atoms with van der Waals surface area (Å²) in [5.74, 6) is -1.22. The molecule has 38 heavy (non-hydrogen) atoms. The van der Waals surface area contributed by atoms with E-state index in [1.54, 1.807) is 30.3 Å². The summed E-state index contributed by atoms with van der Waals surface area (Å²) < 4.78 is 70.6. The second-order valence-corrected chi connectivity index (χ2v) is 14.1. The Labute approximate surface area is 262 Å². The molecule has 198 valence electrons. The van der Waals surface area contributed by atoms with Crippen LogP contribution in [0, 0.1) is 0 Å². The third-order valence-electron chi connectivity index (χ3n) is 5.47. The van der Waals surface area contributed by atoms with E-state index in [0.29, 0.717) is 33.5 Å². The number of halogens is 2. The van der Waals surface area contributed by atoms with Crippen LogP contribution in [0.4, 0.5) is 5.69 Å². The molecule has 2 aromatic carbocycles. The first-order valence-electron chi connectivity index (χ1n) is 11.0. The van der Waals surface area contributed by atoms with Crippen LogP contribution in [0.3, 0.4) is 0 Å². The smallest absolute Gasteiger partial charge is 0.748 e. The van der Waals surface area contributed by atoms with Gasteiger partial charge in [-0.25, -0.2) is 16.8 Å². The molecular weight excluding hydrogens is 622 g/mol. The van der Waals surface area contributed by atoms with Gasteiger partial charge in [-0.15, -0.1) is 0 Å². The van der Waals surface area contributed by atoms with Crippen LogP contribution in [-0.4, -0.2) is 38.2 Å². The van der Waals surface area contributed by atoms with Crippen molar-refractivity contribution < 1.29 is 60.1 Å². The summed E-state index contributed by atoms with van der Waals surface area (Å²) in [5.41, 5.74) is 2.20. The van der Waals surface area contributed by atoms with Gasteiger partial charge >= 0.3 is 29.6 Å². The van der Waals surface area contributed by atoms with E-state index in [-0.39, 0.29) is 36.0 Å². The Morgan fingerprint density at radius 3 is 2.39 bits per heavy atom. The van der Waals surface area contributed by atoms with E-state index in [1.165, 1.54) is 27.7 Å². The Balaban J connectivity index is 0.00000400. The summed E-state index contributed by atoms with van der Waals surface area (Å²) in [6, 6.07) is 10.5. The topological polar surface area (TPSA) is 122 Å². The molecule has 0 unspecified atom stereocenters. The van der Waals surface area contributed by atoms with E-state index < -0.39 is 31.9 Å². The van der Waals surface area contributed by atoms with Gasteiger partial charge in [-0.3, -0.25) is 0 Å². The Kier molecular flexibility index (Phi) is 10.8. The normalized spacial score (nSPS) is 15.2. The number of benzene rings is 2. The Morgan fingerprint density at radius 1 is 1.05 bits per heavy atom. The Morgan fingerprint density at radius 2 is 1.74 bits per heavy atom. The summed E-state index contributed by atoms with van der Waals surface area (Å²) >= 11 is 15.1. The largest absolute Gasteiger partial charge is 1.00 e. The van der Waals surface area contributed by atoms with E-state index >= 15 is 0 Å². The Hall–Kier alpha value is -0.640. The van der Waals surface area contributed by atoms with Gasteiger partial charge < -0.3 is 14.0 Å². The van der Waals surface area contributed by atoms with Crippen molar-refractivity contribution >= 4 is 88.5 Å². The zero-order chi connectivity index (χ0) is 27.0. The molecule has 4 rings (SSSR count). The number of rotatable bonds is 9. The first-order valence-corrected chi connectivity index (χ1v) is 16.5. The summed E-state index contributed by atoms with van der Waals surface area (Å²) in [6.45, 7) is 2.24. The number of hydrogen-bond acceptors (Lipinski definition) is 9. The van der Waals surface area contributed by atoms with Crippen molar-refractivity contribution in [1.82, 2.24) is 0 Å². The molecule has 0 radical (unpaired) electrons. The molecule has 0 saturated carbocycles. The fourth-order valence-corrected chi connectivity index (χ4v) is 7.60. The number of fused-ring (bicyclic) bond motifs is 2. The van der Waals surface area contributed by atoms with E-state index in [4.69, 9.17) is 23.2 Å². The molecule has 2 heterocycles. The average Bonchev–Trinajstić information content (AvgIpc) is 3.28. The predicted molar refractivity (Wildman–Crippen MR) is 147 cm³/mol. The third kappa shape index (κ3) is 8.20. The van der Waals surface area contributed by atoms with Gasteiger partial charge in [0.1, 0.15) is 4.70 Å². The summed E-state index contributed by atoms with van der Waals surface area (Å²) in [7, 11) is -8.93. The minimum atomic E-state index is -4.58. The number of anilines is 1. The molecule has 1 aliphatic heterocycles. The maximum Gasteiger partial charge on any atom is 1.00 e. The average molecular weight is 644 g/mol. The first-order chi connectivity index (χ1) is 17.3. The van der Waals surface area contributed by atoms with E-state index in [9.17, 15) is 25.9 Å². The van der Waals surface area contributed by atoms with Crippen LogP contribution in [0.25, 0.3) is 16.3 Å². The van der Waals surface area contributed by atoms with Crippen molar-refractivity contribution in [2.75, 3.05) is 17.2 Å². The summed E-state index contributed by atoms with van der Waals surface area (Å²) in [6.07, 6.45) is 4.48. The molecule has 1 aliphatic rings. The molecule has 8 nitrogen and oxygen atoms in total. The first kappa shape index (κ1) is 31.9. The monoisotopic (exact) mass is 642 g/mol. The van der Waals surface area contributed by atoms with Crippen LogP contribution >= 0.6 is 46.3 Å². The molecule has 0 atom stereocenters. The molecule has 15 heteroatoms. The van der Waals surface area contributed by atoms with Crippen LogP contribution in [0.1, 0.15) is 24.8 Å². The molecule has 0 fully saturated rings. The van der Waals surface area contributed by atoms with Crippen molar-refractivity contribution in [1.29, 1.82) is 0 Å². The maximum absolute atomic E-state index is 11.7. The molecule has 0 aliphatic carbocycles. The predicted octanol–water partition coefficient (Wildman–Crippen LogP) is 2.18. The van der Waals surface area contributed by atoms with Crippen LogP contribution in [0.15, 0.2) is 58.0 Å². The quantitative estimate of drug-likeness (QED) is 0.198. The summed E-state index contributed by atoms with van der Waals surface area (Å²) in [4.78, 5) is 2.85. The van der Waals surface area contributed by atoms with Gasteiger partial charge in [-0.1, -0.05) is 53.2 Å². The van der Waals surface area contributed by atoms with E-state index in [0.717, 1.165) is 25.9 Å². The van der Waals surface area contributed by atoms with Crippen molar-refractivity contribution in [3.8, 4) is 0 Å². The molecule has 0 saturated heterocycles. The van der Waals surface area contributed by atoms with Gasteiger partial charge in [0.05, 0.1) is 20.8 Å². The molecule has 0 spiro atoms. The minimum Gasteiger partial charge on any atom is -0.748 e. The van der Waals surface area contributed by atoms with E-state index in [1.807, 2.05) is 30.0 Å². The Bertz CT molecular complexity index is 1640. The second-order valence-electron chi connectivity index (χ2n) is 8.20. The van der Waals surface area contributed by atoms with Gasteiger partial charge in [0, 0.05) is 39.4 Å². The van der Waals surface area contributed by atoms with Crippen molar-refractivity contribution in [2.45, 2.75) is 30.5 Å². The maximum atomic E-state index is 11.7.